The first-order valence-electron chi connectivity index (χ1n) is 10.1. The number of benzene rings is 2. The molecule has 0 radical (unpaired) electrons. The highest BCUT2D eigenvalue weighted by Gasteiger charge is 2.24. The van der Waals surface area contributed by atoms with Gasteiger partial charge in [-0.05, 0) is 84.5 Å². The molecule has 4 rings (SSSR count). The van der Waals surface area contributed by atoms with Crippen LogP contribution in [0.2, 0.25) is 0 Å². The highest BCUT2D eigenvalue weighted by molar-refractivity contribution is 5.96. The molecule has 2 saturated carbocycles. The Morgan fingerprint density at radius 2 is 1.96 bits per heavy atom. The van der Waals surface area contributed by atoms with Gasteiger partial charge in [0.05, 0.1) is 0 Å². The molecule has 1 N–H and O–H groups in total. The minimum Gasteiger partial charge on any atom is -0.349 e. The number of amides is 1. The molecular weight excluding hydrogens is 332 g/mol. The normalized spacial score (nSPS) is 16.7. The van der Waals surface area contributed by atoms with E-state index in [0.29, 0.717) is 6.04 Å². The third-order valence-electron chi connectivity index (χ3n) is 5.66. The van der Waals surface area contributed by atoms with Crippen LogP contribution in [0.1, 0.15) is 59.2 Å². The van der Waals surface area contributed by atoms with Crippen molar-refractivity contribution >= 4 is 12.1 Å². The molecule has 2 aromatic rings. The van der Waals surface area contributed by atoms with Crippen molar-refractivity contribution in [1.82, 2.24) is 5.32 Å². The van der Waals surface area contributed by atoms with E-state index in [0.717, 1.165) is 41.9 Å². The highest BCUT2D eigenvalue weighted by atomic mass is 16.1. The summed E-state index contributed by atoms with van der Waals surface area (Å²) in [5, 5.41) is 3.08. The Kier molecular flexibility index (Phi) is 5.11. The van der Waals surface area contributed by atoms with Crippen LogP contribution < -0.4 is 5.32 Å². The molecule has 140 valence electrons. The minimum atomic E-state index is 0.0372. The standard InChI is InChI=1S/C24H28N2O/c1-16-3-7-20(24(27)26-22-11-12-22)14-23(16)19-10-9-18(8-6-17-4-5-17)21(13-19)15-25-2/h3,7,9-10,13-15,17,22H,4-6,8,11-12H2,1-2H3,(H,26,27). The molecule has 2 aliphatic rings. The second kappa shape index (κ2) is 7.67. The molecule has 0 unspecified atom stereocenters. The lowest BCUT2D eigenvalue weighted by molar-refractivity contribution is 0.0951. The van der Waals surface area contributed by atoms with Crippen LogP contribution in [0.4, 0.5) is 0 Å². The van der Waals surface area contributed by atoms with E-state index in [2.05, 4.69) is 35.4 Å². The zero-order valence-corrected chi connectivity index (χ0v) is 16.3. The fraction of sp³-hybridized carbons (Fsp3) is 0.417. The largest absolute Gasteiger partial charge is 0.349 e. The van der Waals surface area contributed by atoms with Crippen molar-refractivity contribution in [3.8, 4) is 11.1 Å². The van der Waals surface area contributed by atoms with Gasteiger partial charge in [0.15, 0.2) is 0 Å². The van der Waals surface area contributed by atoms with Crippen molar-refractivity contribution in [2.75, 3.05) is 7.05 Å². The van der Waals surface area contributed by atoms with Crippen LogP contribution in [0.25, 0.3) is 11.1 Å². The Bertz CT molecular complexity index is 876. The molecule has 0 aromatic heterocycles. The Balaban J connectivity index is 1.62. The highest BCUT2D eigenvalue weighted by Crippen LogP contribution is 2.34. The van der Waals surface area contributed by atoms with Gasteiger partial charge >= 0.3 is 0 Å². The van der Waals surface area contributed by atoms with Gasteiger partial charge in [-0.25, -0.2) is 0 Å². The number of carbonyl (C=O) groups is 1. The number of rotatable bonds is 7. The third-order valence-corrected chi connectivity index (χ3v) is 5.66. The molecule has 2 fully saturated rings. The van der Waals surface area contributed by atoms with Gasteiger partial charge in [-0.1, -0.05) is 31.0 Å². The first kappa shape index (κ1) is 18.0. The fourth-order valence-electron chi connectivity index (χ4n) is 3.59. The molecule has 2 aliphatic carbocycles. The van der Waals surface area contributed by atoms with Crippen LogP contribution in [0.15, 0.2) is 41.4 Å². The molecule has 2 aromatic carbocycles. The van der Waals surface area contributed by atoms with Gasteiger partial charge in [0.25, 0.3) is 5.91 Å². The van der Waals surface area contributed by atoms with Crippen LogP contribution in [0.3, 0.4) is 0 Å². The Labute approximate surface area is 161 Å². The fourth-order valence-corrected chi connectivity index (χ4v) is 3.59. The van der Waals surface area contributed by atoms with Gasteiger partial charge in [-0.3, -0.25) is 9.79 Å². The Morgan fingerprint density at radius 1 is 1.15 bits per heavy atom. The summed E-state index contributed by atoms with van der Waals surface area (Å²) in [6.45, 7) is 2.10. The van der Waals surface area contributed by atoms with Crippen LogP contribution in [-0.4, -0.2) is 25.2 Å². The Hall–Kier alpha value is -2.42. The molecular formula is C24H28N2O. The topological polar surface area (TPSA) is 41.5 Å². The van der Waals surface area contributed by atoms with Crippen molar-refractivity contribution in [3.63, 3.8) is 0 Å². The van der Waals surface area contributed by atoms with E-state index in [1.54, 1.807) is 0 Å². The molecule has 27 heavy (non-hydrogen) atoms. The molecule has 0 saturated heterocycles. The smallest absolute Gasteiger partial charge is 0.251 e. The van der Waals surface area contributed by atoms with Crippen molar-refractivity contribution < 1.29 is 4.79 Å². The summed E-state index contributed by atoms with van der Waals surface area (Å²) in [6, 6.07) is 13.0. The monoisotopic (exact) mass is 360 g/mol. The maximum atomic E-state index is 12.4. The average molecular weight is 361 g/mol. The SMILES string of the molecule is CN=Cc1cc(-c2cc(C(=O)NC3CC3)ccc2C)ccc1CCC1CC1. The first-order chi connectivity index (χ1) is 13.1. The maximum Gasteiger partial charge on any atom is 0.251 e. The second-order valence-electron chi connectivity index (χ2n) is 8.06. The summed E-state index contributed by atoms with van der Waals surface area (Å²) >= 11 is 0. The zero-order valence-electron chi connectivity index (χ0n) is 16.3. The van der Waals surface area contributed by atoms with Crippen LogP contribution in [-0.2, 0) is 6.42 Å². The van der Waals surface area contributed by atoms with E-state index < -0.39 is 0 Å². The Morgan fingerprint density at radius 3 is 2.67 bits per heavy atom. The first-order valence-corrected chi connectivity index (χ1v) is 10.1. The predicted molar refractivity (Wildman–Crippen MR) is 112 cm³/mol. The minimum absolute atomic E-state index is 0.0372. The van der Waals surface area contributed by atoms with Crippen molar-refractivity contribution in [3.05, 3.63) is 58.7 Å². The number of nitrogens with one attached hydrogen (secondary N) is 1. The predicted octanol–water partition coefficient (Wildman–Crippen LogP) is 4.95. The lowest BCUT2D eigenvalue weighted by Crippen LogP contribution is -2.25. The number of nitrogens with zero attached hydrogens (tertiary/aromatic N) is 1. The molecule has 0 heterocycles. The zero-order chi connectivity index (χ0) is 18.8. The molecule has 1 amide bonds. The van der Waals surface area contributed by atoms with E-state index in [1.165, 1.54) is 36.0 Å². The molecule has 0 spiro atoms. The van der Waals surface area contributed by atoms with Crippen LogP contribution in [0, 0.1) is 12.8 Å². The summed E-state index contributed by atoms with van der Waals surface area (Å²) in [6.07, 6.45) is 9.35. The van der Waals surface area contributed by atoms with Crippen molar-refractivity contribution in [2.24, 2.45) is 10.9 Å². The molecule has 0 aliphatic heterocycles. The van der Waals surface area contributed by atoms with E-state index in [9.17, 15) is 4.79 Å². The number of aryl methyl sites for hydroxylation is 2. The van der Waals surface area contributed by atoms with Gasteiger partial charge in [-0.2, -0.15) is 0 Å². The third kappa shape index (κ3) is 4.47. The van der Waals surface area contributed by atoms with E-state index in [4.69, 9.17) is 0 Å². The summed E-state index contributed by atoms with van der Waals surface area (Å²) in [4.78, 5) is 16.7. The van der Waals surface area contributed by atoms with Gasteiger partial charge in [0.2, 0.25) is 0 Å². The molecule has 0 bridgehead atoms. The quantitative estimate of drug-likeness (QED) is 0.698. The van der Waals surface area contributed by atoms with E-state index in [1.807, 2.05) is 31.5 Å². The number of hydrogen-bond donors (Lipinski definition) is 1. The molecule has 3 heteroatoms. The van der Waals surface area contributed by atoms with Crippen LogP contribution in [0.5, 0.6) is 0 Å². The van der Waals surface area contributed by atoms with Crippen molar-refractivity contribution in [2.45, 2.75) is 51.5 Å². The van der Waals surface area contributed by atoms with Gasteiger partial charge in [0, 0.05) is 24.9 Å². The van der Waals surface area contributed by atoms with Gasteiger partial charge < -0.3 is 5.32 Å². The van der Waals surface area contributed by atoms with Crippen LogP contribution >= 0.6 is 0 Å². The lowest BCUT2D eigenvalue weighted by atomic mass is 9.93. The van der Waals surface area contributed by atoms with E-state index in [-0.39, 0.29) is 5.91 Å². The maximum absolute atomic E-state index is 12.4. The number of aliphatic imine (C=N–C) groups is 1. The summed E-state index contributed by atoms with van der Waals surface area (Å²) in [5.41, 5.74) is 6.77. The average Bonchev–Trinajstić information content (AvgIpc) is 3.57. The number of carbonyl (C=O) groups excluding carboxylic acids is 1. The molecule has 3 nitrogen and oxygen atoms in total. The van der Waals surface area contributed by atoms with Gasteiger partial charge in [-0.15, -0.1) is 0 Å². The van der Waals surface area contributed by atoms with E-state index >= 15 is 0 Å². The number of hydrogen-bond acceptors (Lipinski definition) is 2. The lowest BCUT2D eigenvalue weighted by Gasteiger charge is -2.13. The summed E-state index contributed by atoms with van der Waals surface area (Å²) < 4.78 is 0. The molecule has 0 atom stereocenters. The van der Waals surface area contributed by atoms with Crippen molar-refractivity contribution in [1.29, 1.82) is 0 Å². The van der Waals surface area contributed by atoms with Gasteiger partial charge in [0.1, 0.15) is 0 Å². The summed E-state index contributed by atoms with van der Waals surface area (Å²) in [5.74, 6) is 0.968. The second-order valence-corrected chi connectivity index (χ2v) is 8.06. The summed E-state index contributed by atoms with van der Waals surface area (Å²) in [7, 11) is 1.82.